The zero-order chi connectivity index (χ0) is 16.7. The van der Waals surface area contributed by atoms with E-state index in [1.165, 1.54) is 5.56 Å². The third kappa shape index (κ3) is 5.54. The Hall–Kier alpha value is -2.11. The molecule has 2 rings (SSSR count). The van der Waals surface area contributed by atoms with Crippen molar-refractivity contribution < 1.29 is 14.7 Å². The predicted molar refractivity (Wildman–Crippen MR) is 87.1 cm³/mol. The standard InChI is InChI=1S/C17H25N3O3/c1-13(5-2-6-14-7-3-9-18-11-14)19-17(23)20-10-4-8-15(12-20)16(21)22/h3,7,9,11,13,15H,2,4-6,8,10,12H2,1H3,(H,19,23)(H,21,22). The van der Waals surface area contributed by atoms with Crippen LogP contribution in [0.4, 0.5) is 4.79 Å². The first-order valence-electron chi connectivity index (χ1n) is 8.23. The topological polar surface area (TPSA) is 82.5 Å². The normalized spacial score (nSPS) is 19.2. The van der Waals surface area contributed by atoms with Gasteiger partial charge in [0.1, 0.15) is 0 Å². The molecule has 6 nitrogen and oxygen atoms in total. The van der Waals surface area contributed by atoms with Crippen LogP contribution in [0.3, 0.4) is 0 Å². The van der Waals surface area contributed by atoms with Gasteiger partial charge in [0.05, 0.1) is 5.92 Å². The molecule has 0 radical (unpaired) electrons. The van der Waals surface area contributed by atoms with E-state index >= 15 is 0 Å². The molecule has 1 saturated heterocycles. The average molecular weight is 319 g/mol. The van der Waals surface area contributed by atoms with Crippen LogP contribution < -0.4 is 5.32 Å². The summed E-state index contributed by atoms with van der Waals surface area (Å²) in [6.45, 7) is 2.93. The molecule has 1 aliphatic rings. The molecule has 1 aromatic heterocycles. The Labute approximate surface area is 136 Å². The van der Waals surface area contributed by atoms with Crippen molar-refractivity contribution in [3.05, 3.63) is 30.1 Å². The number of pyridine rings is 1. The minimum absolute atomic E-state index is 0.0735. The van der Waals surface area contributed by atoms with E-state index < -0.39 is 11.9 Å². The number of amides is 2. The zero-order valence-corrected chi connectivity index (χ0v) is 13.6. The molecule has 1 aliphatic heterocycles. The Morgan fingerprint density at radius 1 is 1.52 bits per heavy atom. The molecule has 2 atom stereocenters. The average Bonchev–Trinajstić information content (AvgIpc) is 2.56. The number of aliphatic carboxylic acids is 1. The molecular weight excluding hydrogens is 294 g/mol. The second-order valence-corrected chi connectivity index (χ2v) is 6.23. The maximum atomic E-state index is 12.2. The monoisotopic (exact) mass is 319 g/mol. The number of urea groups is 1. The first-order chi connectivity index (χ1) is 11.1. The molecule has 6 heteroatoms. The molecule has 0 saturated carbocycles. The first kappa shape index (κ1) is 17.2. The van der Waals surface area contributed by atoms with Gasteiger partial charge in [-0.3, -0.25) is 9.78 Å². The lowest BCUT2D eigenvalue weighted by molar-refractivity contribution is -0.143. The SMILES string of the molecule is CC(CCCc1cccnc1)NC(=O)N1CCCC(C(=O)O)C1. The van der Waals surface area contributed by atoms with Crippen LogP contribution in [0.2, 0.25) is 0 Å². The van der Waals surface area contributed by atoms with E-state index in [0.29, 0.717) is 19.5 Å². The van der Waals surface area contributed by atoms with Crippen LogP contribution in [0.25, 0.3) is 0 Å². The van der Waals surface area contributed by atoms with Crippen molar-refractivity contribution in [2.45, 2.75) is 45.1 Å². The van der Waals surface area contributed by atoms with Gasteiger partial charge < -0.3 is 15.3 Å². The summed E-state index contributed by atoms with van der Waals surface area (Å²) in [6.07, 6.45) is 7.83. The van der Waals surface area contributed by atoms with Crippen LogP contribution in [-0.4, -0.2) is 46.1 Å². The molecule has 2 amide bonds. The molecule has 0 bridgehead atoms. The van der Waals surface area contributed by atoms with Gasteiger partial charge in [-0.2, -0.15) is 0 Å². The first-order valence-corrected chi connectivity index (χ1v) is 8.23. The van der Waals surface area contributed by atoms with Gasteiger partial charge in [-0.1, -0.05) is 6.07 Å². The van der Waals surface area contributed by atoms with Crippen LogP contribution in [-0.2, 0) is 11.2 Å². The predicted octanol–water partition coefficient (Wildman–Crippen LogP) is 2.30. The number of nitrogens with one attached hydrogen (secondary N) is 1. The number of likely N-dealkylation sites (tertiary alicyclic amines) is 1. The van der Waals surface area contributed by atoms with Crippen LogP contribution in [0, 0.1) is 5.92 Å². The summed E-state index contributed by atoms with van der Waals surface area (Å²) in [4.78, 5) is 29.0. The second kappa shape index (κ2) is 8.50. The highest BCUT2D eigenvalue weighted by molar-refractivity contribution is 5.76. The number of aromatic nitrogens is 1. The van der Waals surface area contributed by atoms with E-state index in [9.17, 15) is 9.59 Å². The lowest BCUT2D eigenvalue weighted by atomic mass is 9.98. The maximum absolute atomic E-state index is 12.2. The number of nitrogens with zero attached hydrogens (tertiary/aromatic N) is 2. The fraction of sp³-hybridized carbons (Fsp3) is 0.588. The lowest BCUT2D eigenvalue weighted by Crippen LogP contribution is -2.49. The molecule has 126 valence electrons. The van der Waals surface area contributed by atoms with E-state index in [2.05, 4.69) is 16.4 Å². The van der Waals surface area contributed by atoms with Crippen LogP contribution in [0.15, 0.2) is 24.5 Å². The lowest BCUT2D eigenvalue weighted by Gasteiger charge is -2.31. The van der Waals surface area contributed by atoms with Gasteiger partial charge in [-0.25, -0.2) is 4.79 Å². The molecule has 2 heterocycles. The minimum atomic E-state index is -0.813. The molecule has 23 heavy (non-hydrogen) atoms. The van der Waals surface area contributed by atoms with Crippen LogP contribution >= 0.6 is 0 Å². The Morgan fingerprint density at radius 2 is 2.35 bits per heavy atom. The number of hydrogen-bond acceptors (Lipinski definition) is 3. The van der Waals surface area contributed by atoms with Crippen molar-refractivity contribution >= 4 is 12.0 Å². The third-order valence-electron chi connectivity index (χ3n) is 4.25. The van der Waals surface area contributed by atoms with Crippen molar-refractivity contribution in [1.29, 1.82) is 0 Å². The zero-order valence-electron chi connectivity index (χ0n) is 13.6. The largest absolute Gasteiger partial charge is 0.481 e. The van der Waals surface area contributed by atoms with Gasteiger partial charge in [-0.05, 0) is 50.7 Å². The van der Waals surface area contributed by atoms with Crippen molar-refractivity contribution in [1.82, 2.24) is 15.2 Å². The highest BCUT2D eigenvalue weighted by Crippen LogP contribution is 2.17. The Kier molecular flexibility index (Phi) is 6.38. The summed E-state index contributed by atoms with van der Waals surface area (Å²) in [7, 11) is 0. The second-order valence-electron chi connectivity index (χ2n) is 6.23. The highest BCUT2D eigenvalue weighted by atomic mass is 16.4. The highest BCUT2D eigenvalue weighted by Gasteiger charge is 2.28. The number of piperidine rings is 1. The summed E-state index contributed by atoms with van der Waals surface area (Å²) in [5.41, 5.74) is 1.20. The Morgan fingerprint density at radius 3 is 3.04 bits per heavy atom. The third-order valence-corrected chi connectivity index (χ3v) is 4.25. The summed E-state index contributed by atoms with van der Waals surface area (Å²) in [5.74, 6) is -1.25. The van der Waals surface area contributed by atoms with Crippen molar-refractivity contribution in [2.24, 2.45) is 5.92 Å². The number of rotatable bonds is 6. The van der Waals surface area contributed by atoms with Gasteiger partial charge >= 0.3 is 12.0 Å². The van der Waals surface area contributed by atoms with E-state index in [1.807, 2.05) is 19.2 Å². The molecular formula is C17H25N3O3. The minimum Gasteiger partial charge on any atom is -0.481 e. The number of hydrogen-bond donors (Lipinski definition) is 2. The molecule has 0 aliphatic carbocycles. The molecule has 1 fully saturated rings. The van der Waals surface area contributed by atoms with Gasteiger partial charge in [-0.15, -0.1) is 0 Å². The van der Waals surface area contributed by atoms with Gasteiger partial charge in [0.15, 0.2) is 0 Å². The molecule has 0 spiro atoms. The van der Waals surface area contributed by atoms with E-state index in [4.69, 9.17) is 5.11 Å². The van der Waals surface area contributed by atoms with Gasteiger partial charge in [0.25, 0.3) is 0 Å². The maximum Gasteiger partial charge on any atom is 0.317 e. The fourth-order valence-electron chi connectivity index (χ4n) is 2.90. The summed E-state index contributed by atoms with van der Waals surface area (Å²) in [6, 6.07) is 3.90. The van der Waals surface area contributed by atoms with Gasteiger partial charge in [0, 0.05) is 31.5 Å². The Balaban J connectivity index is 1.70. The summed E-state index contributed by atoms with van der Waals surface area (Å²) < 4.78 is 0. The van der Waals surface area contributed by atoms with Crippen LogP contribution in [0.1, 0.15) is 38.2 Å². The van der Waals surface area contributed by atoms with Crippen molar-refractivity contribution in [3.63, 3.8) is 0 Å². The number of carbonyl (C=O) groups is 2. The summed E-state index contributed by atoms with van der Waals surface area (Å²) >= 11 is 0. The molecule has 1 aromatic rings. The number of carboxylic acids is 1. The van der Waals surface area contributed by atoms with E-state index in [0.717, 1.165) is 25.7 Å². The van der Waals surface area contributed by atoms with Gasteiger partial charge in [0.2, 0.25) is 0 Å². The van der Waals surface area contributed by atoms with E-state index in [-0.39, 0.29) is 12.1 Å². The smallest absolute Gasteiger partial charge is 0.317 e. The quantitative estimate of drug-likeness (QED) is 0.843. The molecule has 2 N–H and O–H groups in total. The number of carbonyl (C=O) groups excluding carboxylic acids is 1. The van der Waals surface area contributed by atoms with Crippen molar-refractivity contribution in [2.75, 3.05) is 13.1 Å². The molecule has 2 unspecified atom stereocenters. The number of carboxylic acid groups (broad SMARTS) is 1. The fourth-order valence-corrected chi connectivity index (χ4v) is 2.90. The molecule has 0 aromatic carbocycles. The Bertz CT molecular complexity index is 521. The number of aryl methyl sites for hydroxylation is 1. The van der Waals surface area contributed by atoms with E-state index in [1.54, 1.807) is 11.1 Å². The van der Waals surface area contributed by atoms with Crippen molar-refractivity contribution in [3.8, 4) is 0 Å². The van der Waals surface area contributed by atoms with Crippen LogP contribution in [0.5, 0.6) is 0 Å². The summed E-state index contributed by atoms with van der Waals surface area (Å²) in [5, 5.41) is 12.1.